The van der Waals surface area contributed by atoms with Crippen LogP contribution >= 0.6 is 11.6 Å². The number of hydrogen-bond acceptors (Lipinski definition) is 6. The molecule has 0 bridgehead atoms. The van der Waals surface area contributed by atoms with E-state index in [2.05, 4.69) is 5.32 Å². The Morgan fingerprint density at radius 2 is 1.63 bits per heavy atom. The highest BCUT2D eigenvalue weighted by Crippen LogP contribution is 2.36. The molecule has 0 fully saturated rings. The van der Waals surface area contributed by atoms with E-state index in [-0.39, 0.29) is 22.9 Å². The number of halogens is 1. The predicted molar refractivity (Wildman–Crippen MR) is 146 cm³/mol. The summed E-state index contributed by atoms with van der Waals surface area (Å²) in [5.74, 6) is -0.449. The van der Waals surface area contributed by atoms with Crippen molar-refractivity contribution in [2.45, 2.75) is 24.4 Å². The topological polar surface area (TPSA) is 105 Å². The van der Waals surface area contributed by atoms with Crippen LogP contribution in [-0.4, -0.2) is 59.0 Å². The van der Waals surface area contributed by atoms with E-state index in [1.165, 1.54) is 44.4 Å². The van der Waals surface area contributed by atoms with Gasteiger partial charge in [0.25, 0.3) is 10.0 Å². The van der Waals surface area contributed by atoms with Gasteiger partial charge >= 0.3 is 0 Å². The van der Waals surface area contributed by atoms with Crippen molar-refractivity contribution in [3.63, 3.8) is 0 Å². The Bertz CT molecular complexity index is 1380. The molecule has 1 N–H and O–H groups in total. The first kappa shape index (κ1) is 28.8. The first-order chi connectivity index (χ1) is 18.1. The average molecular weight is 560 g/mol. The van der Waals surface area contributed by atoms with Gasteiger partial charge in [-0.05, 0) is 42.8 Å². The molecule has 3 aromatic rings. The highest BCUT2D eigenvalue weighted by molar-refractivity contribution is 7.92. The third kappa shape index (κ3) is 6.38. The molecular weight excluding hydrogens is 530 g/mol. The zero-order chi connectivity index (χ0) is 27.9. The average Bonchev–Trinajstić information content (AvgIpc) is 2.94. The van der Waals surface area contributed by atoms with Crippen LogP contribution in [0.1, 0.15) is 12.5 Å². The van der Waals surface area contributed by atoms with Gasteiger partial charge in [0, 0.05) is 24.7 Å². The van der Waals surface area contributed by atoms with Crippen molar-refractivity contribution < 1.29 is 27.5 Å². The van der Waals surface area contributed by atoms with Crippen LogP contribution in [0.5, 0.6) is 11.5 Å². The quantitative estimate of drug-likeness (QED) is 0.384. The lowest BCUT2D eigenvalue weighted by Crippen LogP contribution is -2.50. The molecule has 3 aromatic carbocycles. The Balaban J connectivity index is 2.13. The normalized spacial score (nSPS) is 11.8. The van der Waals surface area contributed by atoms with E-state index in [9.17, 15) is 18.0 Å². The van der Waals surface area contributed by atoms with Crippen molar-refractivity contribution in [1.82, 2.24) is 10.2 Å². The van der Waals surface area contributed by atoms with Crippen molar-refractivity contribution in [2.75, 3.05) is 32.1 Å². The van der Waals surface area contributed by atoms with E-state index in [0.717, 1.165) is 4.31 Å². The molecule has 3 rings (SSSR count). The number of methoxy groups -OCH3 is 2. The number of benzene rings is 3. The molecule has 0 aliphatic carbocycles. The van der Waals surface area contributed by atoms with Gasteiger partial charge in [-0.15, -0.1) is 0 Å². The Hall–Kier alpha value is -3.76. The molecule has 0 aliphatic rings. The van der Waals surface area contributed by atoms with Gasteiger partial charge in [0.05, 0.1) is 24.8 Å². The highest BCUT2D eigenvalue weighted by Gasteiger charge is 2.34. The van der Waals surface area contributed by atoms with E-state index in [1.54, 1.807) is 61.5 Å². The summed E-state index contributed by atoms with van der Waals surface area (Å²) in [4.78, 5) is 27.7. The maximum Gasteiger partial charge on any atom is 0.264 e. The molecule has 38 heavy (non-hydrogen) atoms. The number of nitrogens with zero attached hydrogens (tertiary/aromatic N) is 2. The van der Waals surface area contributed by atoms with Gasteiger partial charge in [0.15, 0.2) is 0 Å². The van der Waals surface area contributed by atoms with Crippen LogP contribution in [0.2, 0.25) is 5.02 Å². The maximum absolute atomic E-state index is 13.9. The van der Waals surface area contributed by atoms with Gasteiger partial charge < -0.3 is 19.7 Å². The summed E-state index contributed by atoms with van der Waals surface area (Å²) in [5, 5.41) is 2.96. The van der Waals surface area contributed by atoms with Gasteiger partial charge in [0.1, 0.15) is 24.1 Å². The smallest absolute Gasteiger partial charge is 0.264 e. The monoisotopic (exact) mass is 559 g/mol. The molecule has 0 unspecified atom stereocenters. The van der Waals surface area contributed by atoms with Gasteiger partial charge in [-0.3, -0.25) is 13.9 Å². The lowest BCUT2D eigenvalue weighted by atomic mass is 10.1. The summed E-state index contributed by atoms with van der Waals surface area (Å²) < 4.78 is 39.5. The zero-order valence-corrected chi connectivity index (χ0v) is 23.1. The Kier molecular flexibility index (Phi) is 9.60. The summed E-state index contributed by atoms with van der Waals surface area (Å²) >= 11 is 6.34. The lowest BCUT2D eigenvalue weighted by Gasteiger charge is -2.32. The van der Waals surface area contributed by atoms with Crippen molar-refractivity contribution in [1.29, 1.82) is 0 Å². The number of hydrogen-bond donors (Lipinski definition) is 1. The lowest BCUT2D eigenvalue weighted by molar-refractivity contribution is -0.139. The van der Waals surface area contributed by atoms with E-state index in [1.807, 2.05) is 0 Å². The second-order valence-electron chi connectivity index (χ2n) is 8.27. The summed E-state index contributed by atoms with van der Waals surface area (Å²) in [5.41, 5.74) is 0.712. The van der Waals surface area contributed by atoms with Gasteiger partial charge in [-0.2, -0.15) is 0 Å². The molecule has 0 radical (unpaired) electrons. The fourth-order valence-electron chi connectivity index (χ4n) is 3.83. The predicted octanol–water partition coefficient (Wildman–Crippen LogP) is 3.72. The Morgan fingerprint density at radius 1 is 0.974 bits per heavy atom. The van der Waals surface area contributed by atoms with E-state index in [4.69, 9.17) is 21.1 Å². The van der Waals surface area contributed by atoms with Gasteiger partial charge in [-0.1, -0.05) is 48.0 Å². The molecule has 0 aliphatic heterocycles. The SMILES string of the molecule is CNC(=O)[C@H](C)N(Cc1ccccc1Cl)C(=O)CN(c1cc(OC)ccc1OC)S(=O)(=O)c1ccccc1. The van der Waals surface area contributed by atoms with Crippen LogP contribution in [0.25, 0.3) is 0 Å². The van der Waals surface area contributed by atoms with Crippen LogP contribution in [0.4, 0.5) is 5.69 Å². The molecule has 9 nitrogen and oxygen atoms in total. The number of carbonyl (C=O) groups is 2. The number of anilines is 1. The van der Waals surface area contributed by atoms with Crippen LogP contribution in [-0.2, 0) is 26.2 Å². The third-order valence-corrected chi connectivity index (χ3v) is 8.12. The minimum Gasteiger partial charge on any atom is -0.497 e. The maximum atomic E-state index is 13.9. The molecule has 0 spiro atoms. The molecule has 1 atom stereocenters. The fraction of sp³-hybridized carbons (Fsp3) is 0.259. The molecule has 0 aromatic heterocycles. The van der Waals surface area contributed by atoms with E-state index >= 15 is 0 Å². The first-order valence-electron chi connectivity index (χ1n) is 11.7. The Labute approximate surface area is 228 Å². The van der Waals surface area contributed by atoms with Gasteiger partial charge in [0.2, 0.25) is 11.8 Å². The second kappa shape index (κ2) is 12.7. The van der Waals surface area contributed by atoms with Crippen LogP contribution < -0.4 is 19.1 Å². The molecular formula is C27H30ClN3O6S. The summed E-state index contributed by atoms with van der Waals surface area (Å²) in [6.45, 7) is 0.934. The minimum atomic E-state index is -4.25. The van der Waals surface area contributed by atoms with Crippen LogP contribution in [0.3, 0.4) is 0 Å². The minimum absolute atomic E-state index is 0.0123. The molecule has 0 heterocycles. The first-order valence-corrected chi connectivity index (χ1v) is 13.5. The Morgan fingerprint density at radius 3 is 2.24 bits per heavy atom. The number of amides is 2. The third-order valence-electron chi connectivity index (χ3n) is 5.98. The number of carbonyl (C=O) groups excluding carboxylic acids is 2. The molecule has 0 saturated carbocycles. The summed E-state index contributed by atoms with van der Waals surface area (Å²) in [6.07, 6.45) is 0. The summed E-state index contributed by atoms with van der Waals surface area (Å²) in [6, 6.07) is 18.4. The largest absolute Gasteiger partial charge is 0.497 e. The number of likely N-dealkylation sites (N-methyl/N-ethyl adjacent to an activating group) is 1. The number of ether oxygens (including phenoxy) is 2. The second-order valence-corrected chi connectivity index (χ2v) is 10.5. The number of nitrogens with one attached hydrogen (secondary N) is 1. The molecule has 0 saturated heterocycles. The van der Waals surface area contributed by atoms with Crippen molar-refractivity contribution in [2.24, 2.45) is 0 Å². The fourth-order valence-corrected chi connectivity index (χ4v) is 5.46. The standard InChI is InChI=1S/C27H30ClN3O6S/c1-19(27(33)29-2)30(17-20-10-8-9-13-23(20)28)26(32)18-31(38(34,35)22-11-6-5-7-12-22)24-16-21(36-3)14-15-25(24)37-4/h5-16,19H,17-18H2,1-4H3,(H,29,33)/t19-/m0/s1. The van der Waals surface area contributed by atoms with Crippen molar-refractivity contribution in [3.05, 3.63) is 83.4 Å². The van der Waals surface area contributed by atoms with Crippen molar-refractivity contribution >= 4 is 39.1 Å². The molecule has 11 heteroatoms. The van der Waals surface area contributed by atoms with Crippen molar-refractivity contribution in [3.8, 4) is 11.5 Å². The number of sulfonamides is 1. The molecule has 2 amide bonds. The zero-order valence-electron chi connectivity index (χ0n) is 21.5. The highest BCUT2D eigenvalue weighted by atomic mass is 35.5. The van der Waals surface area contributed by atoms with E-state index < -0.39 is 34.4 Å². The van der Waals surface area contributed by atoms with Crippen LogP contribution in [0, 0.1) is 0 Å². The summed E-state index contributed by atoms with van der Waals surface area (Å²) in [7, 11) is 0.0616. The molecule has 202 valence electrons. The van der Waals surface area contributed by atoms with Crippen LogP contribution in [0.15, 0.2) is 77.7 Å². The van der Waals surface area contributed by atoms with Gasteiger partial charge in [-0.25, -0.2) is 8.42 Å². The van der Waals surface area contributed by atoms with E-state index in [0.29, 0.717) is 16.3 Å². The number of rotatable bonds is 11.